The predicted molar refractivity (Wildman–Crippen MR) is 110 cm³/mol. The van der Waals surface area contributed by atoms with E-state index in [2.05, 4.69) is 33.2 Å². The van der Waals surface area contributed by atoms with Crippen LogP contribution in [0.1, 0.15) is 29.5 Å². The van der Waals surface area contributed by atoms with Crippen LogP contribution in [-0.2, 0) is 6.54 Å². The van der Waals surface area contributed by atoms with Gasteiger partial charge in [0.05, 0.1) is 7.11 Å². The molecular weight excluding hydrogens is 382 g/mol. The van der Waals surface area contributed by atoms with Gasteiger partial charge in [0, 0.05) is 18.3 Å². The summed E-state index contributed by atoms with van der Waals surface area (Å²) in [7, 11) is 1.43. The van der Waals surface area contributed by atoms with Gasteiger partial charge in [0.25, 0.3) is 0 Å². The number of methoxy groups -OCH3 is 1. The first-order valence-corrected chi connectivity index (χ1v) is 9.55. The van der Waals surface area contributed by atoms with Crippen LogP contribution < -0.4 is 14.8 Å². The Kier molecular flexibility index (Phi) is 6.34. The van der Waals surface area contributed by atoms with E-state index < -0.39 is 6.61 Å². The standard InChI is InChI=1S/C21H24F2N2O2S/c1-13-4-5-14(2)17(10-13)24-21(28)25(16-7-8-16)12-15-6-9-18(27-20(22)23)19(11-15)26-3/h4-6,9-11,16,20H,7-8,12H2,1-3H3,(H,24,28). The zero-order chi connectivity index (χ0) is 20.3. The normalized spacial score (nSPS) is 13.4. The Hall–Kier alpha value is -2.41. The van der Waals surface area contributed by atoms with Gasteiger partial charge < -0.3 is 19.7 Å². The molecule has 0 aromatic heterocycles. The summed E-state index contributed by atoms with van der Waals surface area (Å²) in [5.41, 5.74) is 4.19. The van der Waals surface area contributed by atoms with Crippen LogP contribution in [-0.4, -0.2) is 29.8 Å². The lowest BCUT2D eigenvalue weighted by Gasteiger charge is -2.27. The highest BCUT2D eigenvalue weighted by Crippen LogP contribution is 2.33. The molecule has 2 aromatic carbocycles. The van der Waals surface area contributed by atoms with Crippen molar-refractivity contribution in [3.63, 3.8) is 0 Å². The largest absolute Gasteiger partial charge is 0.493 e. The lowest BCUT2D eigenvalue weighted by atomic mass is 10.1. The highest BCUT2D eigenvalue weighted by molar-refractivity contribution is 7.80. The SMILES string of the molecule is COc1cc(CN(C(=S)Nc2cc(C)ccc2C)C2CC2)ccc1OC(F)F. The van der Waals surface area contributed by atoms with Gasteiger partial charge in [-0.2, -0.15) is 8.78 Å². The first-order valence-electron chi connectivity index (χ1n) is 9.14. The molecule has 0 unspecified atom stereocenters. The van der Waals surface area contributed by atoms with Crippen LogP contribution in [0.4, 0.5) is 14.5 Å². The van der Waals surface area contributed by atoms with E-state index in [1.807, 2.05) is 13.8 Å². The van der Waals surface area contributed by atoms with Crippen molar-refractivity contribution < 1.29 is 18.3 Å². The van der Waals surface area contributed by atoms with E-state index in [4.69, 9.17) is 17.0 Å². The number of alkyl halides is 2. The minimum absolute atomic E-state index is 0.0234. The second-order valence-corrected chi connectivity index (χ2v) is 7.36. The third-order valence-corrected chi connectivity index (χ3v) is 5.02. The van der Waals surface area contributed by atoms with E-state index in [0.29, 0.717) is 17.7 Å². The van der Waals surface area contributed by atoms with Gasteiger partial charge >= 0.3 is 6.61 Å². The van der Waals surface area contributed by atoms with Crippen molar-refractivity contribution in [3.05, 3.63) is 53.1 Å². The summed E-state index contributed by atoms with van der Waals surface area (Å²) in [5.74, 6) is 0.303. The maximum atomic E-state index is 12.5. The lowest BCUT2D eigenvalue weighted by molar-refractivity contribution is -0.0512. The van der Waals surface area contributed by atoms with Crippen molar-refractivity contribution in [1.82, 2.24) is 4.90 Å². The van der Waals surface area contributed by atoms with E-state index in [1.165, 1.54) is 13.2 Å². The van der Waals surface area contributed by atoms with Crippen molar-refractivity contribution >= 4 is 23.0 Å². The number of anilines is 1. The molecular formula is C21H24F2N2O2S. The minimum Gasteiger partial charge on any atom is -0.493 e. The summed E-state index contributed by atoms with van der Waals surface area (Å²) in [5, 5.41) is 4.02. The maximum absolute atomic E-state index is 12.5. The molecule has 0 saturated heterocycles. The second kappa shape index (κ2) is 8.73. The number of ether oxygens (including phenoxy) is 2. The summed E-state index contributed by atoms with van der Waals surface area (Å²) < 4.78 is 34.7. The Morgan fingerprint density at radius 1 is 1.18 bits per heavy atom. The van der Waals surface area contributed by atoms with Gasteiger partial charge in [0.15, 0.2) is 16.6 Å². The Morgan fingerprint density at radius 3 is 2.57 bits per heavy atom. The van der Waals surface area contributed by atoms with Crippen LogP contribution in [0, 0.1) is 13.8 Å². The van der Waals surface area contributed by atoms with Crippen LogP contribution in [0.25, 0.3) is 0 Å². The first-order chi connectivity index (χ1) is 13.4. The molecule has 2 aromatic rings. The first kappa shape index (κ1) is 20.3. The van der Waals surface area contributed by atoms with Gasteiger partial charge in [-0.05, 0) is 73.8 Å². The third-order valence-electron chi connectivity index (χ3n) is 4.68. The van der Waals surface area contributed by atoms with Crippen molar-refractivity contribution in [3.8, 4) is 11.5 Å². The number of benzene rings is 2. The number of thiocarbonyl (C=S) groups is 1. The Balaban J connectivity index is 1.76. The smallest absolute Gasteiger partial charge is 0.387 e. The topological polar surface area (TPSA) is 33.7 Å². The zero-order valence-corrected chi connectivity index (χ0v) is 17.0. The van der Waals surface area contributed by atoms with Gasteiger partial charge in [-0.25, -0.2) is 0 Å². The average Bonchev–Trinajstić information content (AvgIpc) is 3.48. The fourth-order valence-corrected chi connectivity index (χ4v) is 3.33. The van der Waals surface area contributed by atoms with Crippen LogP contribution >= 0.6 is 12.2 Å². The lowest BCUT2D eigenvalue weighted by Crippen LogP contribution is -2.36. The number of aryl methyl sites for hydroxylation is 2. The highest BCUT2D eigenvalue weighted by Gasteiger charge is 2.31. The van der Waals surface area contributed by atoms with Crippen molar-refractivity contribution in [1.29, 1.82) is 0 Å². The zero-order valence-electron chi connectivity index (χ0n) is 16.2. The molecule has 0 radical (unpaired) electrons. The highest BCUT2D eigenvalue weighted by atomic mass is 32.1. The molecule has 0 spiro atoms. The molecule has 150 valence electrons. The Morgan fingerprint density at radius 2 is 1.93 bits per heavy atom. The molecule has 0 atom stereocenters. The summed E-state index contributed by atoms with van der Waals surface area (Å²) >= 11 is 5.68. The van der Waals surface area contributed by atoms with Crippen LogP contribution in [0.5, 0.6) is 11.5 Å². The molecule has 0 aliphatic heterocycles. The van der Waals surface area contributed by atoms with Gasteiger partial charge in [-0.1, -0.05) is 18.2 Å². The van der Waals surface area contributed by atoms with Gasteiger partial charge in [-0.15, -0.1) is 0 Å². The van der Waals surface area contributed by atoms with E-state index >= 15 is 0 Å². The van der Waals surface area contributed by atoms with Crippen molar-refractivity contribution in [2.75, 3.05) is 12.4 Å². The molecule has 1 fully saturated rings. The number of nitrogens with one attached hydrogen (secondary N) is 1. The van der Waals surface area contributed by atoms with Crippen molar-refractivity contribution in [2.45, 2.75) is 45.9 Å². The average molecular weight is 406 g/mol. The fraction of sp³-hybridized carbons (Fsp3) is 0.381. The molecule has 1 aliphatic rings. The van der Waals surface area contributed by atoms with E-state index in [0.717, 1.165) is 35.2 Å². The van der Waals surface area contributed by atoms with Crippen LogP contribution in [0.2, 0.25) is 0 Å². The molecule has 0 bridgehead atoms. The summed E-state index contributed by atoms with van der Waals surface area (Å²) in [4.78, 5) is 2.14. The summed E-state index contributed by atoms with van der Waals surface area (Å²) in [6.45, 7) is 1.75. The fourth-order valence-electron chi connectivity index (χ4n) is 3.01. The number of hydrogen-bond acceptors (Lipinski definition) is 3. The monoisotopic (exact) mass is 406 g/mol. The molecule has 4 nitrogen and oxygen atoms in total. The van der Waals surface area contributed by atoms with Crippen molar-refractivity contribution in [2.24, 2.45) is 0 Å². The second-order valence-electron chi connectivity index (χ2n) is 6.97. The summed E-state index contributed by atoms with van der Waals surface area (Å²) in [6, 6.07) is 11.6. The number of rotatable bonds is 7. The van der Waals surface area contributed by atoms with Gasteiger partial charge in [0.1, 0.15) is 0 Å². The van der Waals surface area contributed by atoms with E-state index in [-0.39, 0.29) is 11.5 Å². The molecule has 1 N–H and O–H groups in total. The molecule has 28 heavy (non-hydrogen) atoms. The van der Waals surface area contributed by atoms with E-state index in [9.17, 15) is 8.78 Å². The Bertz CT molecular complexity index is 856. The third kappa shape index (κ3) is 5.10. The molecule has 1 saturated carbocycles. The molecule has 7 heteroatoms. The van der Waals surface area contributed by atoms with Crippen LogP contribution in [0.3, 0.4) is 0 Å². The predicted octanol–water partition coefficient (Wildman–Crippen LogP) is 5.27. The number of hydrogen-bond donors (Lipinski definition) is 1. The molecule has 1 aliphatic carbocycles. The van der Waals surface area contributed by atoms with E-state index in [1.54, 1.807) is 12.1 Å². The Labute approximate surface area is 169 Å². The quantitative estimate of drug-likeness (QED) is 0.633. The van der Waals surface area contributed by atoms with Crippen LogP contribution in [0.15, 0.2) is 36.4 Å². The summed E-state index contributed by atoms with van der Waals surface area (Å²) in [6.07, 6.45) is 2.16. The van der Waals surface area contributed by atoms with Gasteiger partial charge in [-0.3, -0.25) is 0 Å². The molecule has 0 amide bonds. The minimum atomic E-state index is -2.89. The number of nitrogens with zero attached hydrogens (tertiary/aromatic N) is 1. The molecule has 3 rings (SSSR count). The maximum Gasteiger partial charge on any atom is 0.387 e. The molecule has 0 heterocycles. The van der Waals surface area contributed by atoms with Gasteiger partial charge in [0.2, 0.25) is 0 Å². The number of halogens is 2.